The van der Waals surface area contributed by atoms with Crippen LogP contribution in [0.1, 0.15) is 43.4 Å². The van der Waals surface area contributed by atoms with Crippen LogP contribution in [0.4, 0.5) is 0 Å². The molecule has 0 atom stereocenters. The first-order chi connectivity index (χ1) is 9.60. The number of rotatable bonds is 5. The first-order valence-electron chi connectivity index (χ1n) is 7.10. The molecular formula is C18H21BrO. The molecule has 2 heteroatoms. The minimum atomic E-state index is 0.449. The van der Waals surface area contributed by atoms with E-state index in [-0.39, 0.29) is 0 Å². The Bertz CT molecular complexity index is 558. The summed E-state index contributed by atoms with van der Waals surface area (Å²) in [4.78, 5) is 0. The molecule has 0 spiro atoms. The summed E-state index contributed by atoms with van der Waals surface area (Å²) < 4.78 is 7.09. The number of ether oxygens (including phenoxy) is 1. The third-order valence-corrected chi connectivity index (χ3v) is 3.91. The van der Waals surface area contributed by atoms with E-state index >= 15 is 0 Å². The van der Waals surface area contributed by atoms with E-state index in [0.29, 0.717) is 12.5 Å². The van der Waals surface area contributed by atoms with Crippen molar-refractivity contribution >= 4 is 15.9 Å². The molecule has 0 aromatic heterocycles. The molecule has 2 aromatic carbocycles. The molecule has 0 fully saturated rings. The predicted molar refractivity (Wildman–Crippen MR) is 88.4 cm³/mol. The zero-order valence-electron chi connectivity index (χ0n) is 12.3. The second-order valence-electron chi connectivity index (χ2n) is 5.30. The average molecular weight is 333 g/mol. The van der Waals surface area contributed by atoms with Crippen LogP contribution >= 0.6 is 15.9 Å². The van der Waals surface area contributed by atoms with Crippen molar-refractivity contribution in [2.45, 2.75) is 39.7 Å². The Morgan fingerprint density at radius 2 is 1.65 bits per heavy atom. The van der Waals surface area contributed by atoms with Crippen molar-refractivity contribution in [3.63, 3.8) is 0 Å². The van der Waals surface area contributed by atoms with Crippen LogP contribution < -0.4 is 4.74 Å². The van der Waals surface area contributed by atoms with Crippen molar-refractivity contribution in [3.05, 3.63) is 63.6 Å². The summed E-state index contributed by atoms with van der Waals surface area (Å²) in [6.45, 7) is 7.16. The van der Waals surface area contributed by atoms with Crippen LogP contribution in [0.2, 0.25) is 0 Å². The second-order valence-corrected chi connectivity index (χ2v) is 6.21. The van der Waals surface area contributed by atoms with Gasteiger partial charge in [0, 0.05) is 4.47 Å². The minimum absolute atomic E-state index is 0.449. The van der Waals surface area contributed by atoms with Crippen molar-refractivity contribution in [1.82, 2.24) is 0 Å². The smallest absolute Gasteiger partial charge is 0.123 e. The van der Waals surface area contributed by atoms with Gasteiger partial charge >= 0.3 is 0 Å². The van der Waals surface area contributed by atoms with Crippen molar-refractivity contribution < 1.29 is 4.74 Å². The fourth-order valence-corrected chi connectivity index (χ4v) is 2.51. The summed E-state index contributed by atoms with van der Waals surface area (Å²) in [7, 11) is 0. The van der Waals surface area contributed by atoms with E-state index in [4.69, 9.17) is 4.74 Å². The average Bonchev–Trinajstić information content (AvgIpc) is 2.46. The van der Waals surface area contributed by atoms with Gasteiger partial charge in [-0.3, -0.25) is 0 Å². The third-order valence-electron chi connectivity index (χ3n) is 3.42. The Hall–Kier alpha value is -1.28. The van der Waals surface area contributed by atoms with Gasteiger partial charge in [-0.15, -0.1) is 0 Å². The number of hydrogen-bond donors (Lipinski definition) is 0. The molecule has 0 aliphatic carbocycles. The van der Waals surface area contributed by atoms with Gasteiger partial charge in [0.1, 0.15) is 12.4 Å². The first kappa shape index (κ1) is 15.1. The van der Waals surface area contributed by atoms with Gasteiger partial charge in [0.25, 0.3) is 0 Å². The number of hydrogen-bond acceptors (Lipinski definition) is 1. The molecule has 0 unspecified atom stereocenters. The Balaban J connectivity index is 2.10. The number of aryl methyl sites for hydroxylation is 1. The lowest BCUT2D eigenvalue weighted by Gasteiger charge is -2.14. The molecule has 0 amide bonds. The zero-order chi connectivity index (χ0) is 14.5. The fourth-order valence-electron chi connectivity index (χ4n) is 2.13. The van der Waals surface area contributed by atoms with Crippen molar-refractivity contribution in [3.8, 4) is 5.75 Å². The van der Waals surface area contributed by atoms with Gasteiger partial charge in [-0.2, -0.15) is 0 Å². The summed E-state index contributed by atoms with van der Waals surface area (Å²) in [5.74, 6) is 1.42. The molecule has 0 radical (unpaired) electrons. The molecule has 106 valence electrons. The highest BCUT2D eigenvalue weighted by Crippen LogP contribution is 2.30. The maximum absolute atomic E-state index is 5.99. The molecule has 0 saturated carbocycles. The van der Waals surface area contributed by atoms with E-state index in [9.17, 15) is 0 Å². The van der Waals surface area contributed by atoms with Crippen molar-refractivity contribution in [2.75, 3.05) is 0 Å². The van der Waals surface area contributed by atoms with Crippen LogP contribution in [0.25, 0.3) is 0 Å². The highest BCUT2D eigenvalue weighted by Gasteiger charge is 2.08. The summed E-state index contributed by atoms with van der Waals surface area (Å²) in [5.41, 5.74) is 3.81. The zero-order valence-corrected chi connectivity index (χ0v) is 13.9. The van der Waals surface area contributed by atoms with Gasteiger partial charge < -0.3 is 4.74 Å². The van der Waals surface area contributed by atoms with Crippen LogP contribution in [-0.4, -0.2) is 0 Å². The van der Waals surface area contributed by atoms with Gasteiger partial charge in [-0.1, -0.05) is 61.0 Å². The quantitative estimate of drug-likeness (QED) is 0.680. The Labute approximate surface area is 130 Å². The topological polar surface area (TPSA) is 9.23 Å². The third kappa shape index (κ3) is 3.86. The summed E-state index contributed by atoms with van der Waals surface area (Å²) in [6, 6.07) is 14.8. The SMILES string of the molecule is CCc1ccc(COc2ccc(Br)cc2C(C)C)cc1. The maximum Gasteiger partial charge on any atom is 0.123 e. The Morgan fingerprint density at radius 1 is 1.00 bits per heavy atom. The minimum Gasteiger partial charge on any atom is -0.489 e. The molecule has 0 aliphatic heterocycles. The molecule has 0 saturated heterocycles. The Morgan fingerprint density at radius 3 is 2.25 bits per heavy atom. The largest absolute Gasteiger partial charge is 0.489 e. The number of benzene rings is 2. The van der Waals surface area contributed by atoms with E-state index < -0.39 is 0 Å². The monoisotopic (exact) mass is 332 g/mol. The summed E-state index contributed by atoms with van der Waals surface area (Å²) >= 11 is 3.52. The Kier molecular flexibility index (Phi) is 5.24. The highest BCUT2D eigenvalue weighted by atomic mass is 79.9. The van der Waals surface area contributed by atoms with E-state index in [1.165, 1.54) is 16.7 Å². The predicted octanol–water partition coefficient (Wildman–Crippen LogP) is 5.71. The van der Waals surface area contributed by atoms with E-state index in [2.05, 4.69) is 67.0 Å². The van der Waals surface area contributed by atoms with Crippen molar-refractivity contribution in [2.24, 2.45) is 0 Å². The van der Waals surface area contributed by atoms with E-state index in [1.54, 1.807) is 0 Å². The fraction of sp³-hybridized carbons (Fsp3) is 0.333. The first-order valence-corrected chi connectivity index (χ1v) is 7.89. The van der Waals surface area contributed by atoms with Gasteiger partial charge in [0.2, 0.25) is 0 Å². The van der Waals surface area contributed by atoms with Crippen LogP contribution in [0.15, 0.2) is 46.9 Å². The molecule has 2 aromatic rings. The summed E-state index contributed by atoms with van der Waals surface area (Å²) in [5, 5.41) is 0. The van der Waals surface area contributed by atoms with Crippen LogP contribution in [0.5, 0.6) is 5.75 Å². The molecule has 1 nitrogen and oxygen atoms in total. The lowest BCUT2D eigenvalue weighted by molar-refractivity contribution is 0.301. The molecular weight excluding hydrogens is 312 g/mol. The molecule has 0 N–H and O–H groups in total. The normalized spacial score (nSPS) is 10.8. The van der Waals surface area contributed by atoms with Gasteiger partial charge in [0.15, 0.2) is 0 Å². The molecule has 0 bridgehead atoms. The van der Waals surface area contributed by atoms with Crippen molar-refractivity contribution in [1.29, 1.82) is 0 Å². The molecule has 0 aliphatic rings. The highest BCUT2D eigenvalue weighted by molar-refractivity contribution is 9.10. The molecule has 20 heavy (non-hydrogen) atoms. The van der Waals surface area contributed by atoms with E-state index in [1.807, 2.05) is 12.1 Å². The number of halogens is 1. The maximum atomic E-state index is 5.99. The van der Waals surface area contributed by atoms with Crippen LogP contribution in [0.3, 0.4) is 0 Å². The van der Waals surface area contributed by atoms with Gasteiger partial charge in [-0.25, -0.2) is 0 Å². The van der Waals surface area contributed by atoms with Crippen LogP contribution in [-0.2, 0) is 13.0 Å². The van der Waals surface area contributed by atoms with Gasteiger partial charge in [-0.05, 0) is 47.2 Å². The second kappa shape index (κ2) is 6.94. The lowest BCUT2D eigenvalue weighted by Crippen LogP contribution is -2.00. The van der Waals surface area contributed by atoms with E-state index in [0.717, 1.165) is 16.6 Å². The molecule has 2 rings (SSSR count). The lowest BCUT2D eigenvalue weighted by atomic mass is 10.0. The van der Waals surface area contributed by atoms with Gasteiger partial charge in [0.05, 0.1) is 0 Å². The summed E-state index contributed by atoms with van der Waals surface area (Å²) in [6.07, 6.45) is 1.07. The standard InChI is InChI=1S/C18H21BrO/c1-4-14-5-7-15(8-6-14)12-20-18-10-9-16(19)11-17(18)13(2)3/h5-11,13H,4,12H2,1-3H3. The molecule has 0 heterocycles. The van der Waals surface area contributed by atoms with Crippen LogP contribution in [0, 0.1) is 0 Å².